The van der Waals surface area contributed by atoms with Gasteiger partial charge in [-0.05, 0) is 53.6 Å². The fourth-order valence-corrected chi connectivity index (χ4v) is 3.62. The molecule has 6 nitrogen and oxygen atoms in total. The number of carbonyl (C=O) groups is 3. The molecule has 2 amide bonds. The summed E-state index contributed by atoms with van der Waals surface area (Å²) in [4.78, 5) is 35.5. The van der Waals surface area contributed by atoms with Crippen molar-refractivity contribution in [1.82, 2.24) is 0 Å². The Morgan fingerprint density at radius 3 is 2.21 bits per heavy atom. The van der Waals surface area contributed by atoms with Crippen molar-refractivity contribution in [3.8, 4) is 11.1 Å². The van der Waals surface area contributed by atoms with Crippen LogP contribution in [0.3, 0.4) is 0 Å². The van der Waals surface area contributed by atoms with Gasteiger partial charge in [0.15, 0.2) is 0 Å². The Morgan fingerprint density at radius 2 is 1.55 bits per heavy atom. The van der Waals surface area contributed by atoms with Gasteiger partial charge in [-0.3, -0.25) is 9.59 Å². The molecule has 0 radical (unpaired) electrons. The van der Waals surface area contributed by atoms with Crippen LogP contribution in [-0.4, -0.2) is 29.3 Å². The summed E-state index contributed by atoms with van der Waals surface area (Å²) < 4.78 is 13.1. The number of benzene rings is 3. The molecule has 0 fully saturated rings. The van der Waals surface area contributed by atoms with Crippen molar-refractivity contribution >= 4 is 52.5 Å². The maximum atomic E-state index is 13.1. The van der Waals surface area contributed by atoms with E-state index in [1.54, 1.807) is 30.3 Å². The van der Waals surface area contributed by atoms with Gasteiger partial charge in [-0.1, -0.05) is 35.9 Å². The van der Waals surface area contributed by atoms with Crippen LogP contribution in [0.25, 0.3) is 11.1 Å². The van der Waals surface area contributed by atoms with Gasteiger partial charge in [0, 0.05) is 22.0 Å². The molecule has 33 heavy (non-hydrogen) atoms. The van der Waals surface area contributed by atoms with Crippen molar-refractivity contribution < 1.29 is 53.4 Å². The summed E-state index contributed by atoms with van der Waals surface area (Å²) in [7, 11) is 0. The van der Waals surface area contributed by atoms with Crippen molar-refractivity contribution in [2.24, 2.45) is 0 Å². The predicted octanol–water partition coefficient (Wildman–Crippen LogP) is 0.824. The molecule has 10 heteroatoms. The van der Waals surface area contributed by atoms with Gasteiger partial charge < -0.3 is 20.5 Å². The van der Waals surface area contributed by atoms with Gasteiger partial charge in [0.05, 0.1) is 17.5 Å². The quantitative estimate of drug-likeness (QED) is 0.452. The Hall–Kier alpha value is -2.36. The third-order valence-electron chi connectivity index (χ3n) is 4.27. The summed E-state index contributed by atoms with van der Waals surface area (Å²) in [6.07, 6.45) is 0. The number of carboxylic acids is 1. The van der Waals surface area contributed by atoms with Crippen molar-refractivity contribution in [2.75, 3.05) is 22.1 Å². The number of carbonyl (C=O) groups excluding carboxylic acids is 3. The second-order valence-electron chi connectivity index (χ2n) is 6.65. The number of amides is 2. The molecule has 0 aliphatic heterocycles. The van der Waals surface area contributed by atoms with Crippen molar-refractivity contribution in [3.63, 3.8) is 0 Å². The predicted molar refractivity (Wildman–Crippen MR) is 122 cm³/mol. The molecule has 3 aromatic rings. The molecule has 0 aromatic heterocycles. The number of hydrogen-bond acceptors (Lipinski definition) is 5. The van der Waals surface area contributed by atoms with E-state index in [1.807, 2.05) is 6.07 Å². The Balaban J connectivity index is 0.00000385. The largest absolute Gasteiger partial charge is 1.00 e. The summed E-state index contributed by atoms with van der Waals surface area (Å²) in [5.74, 6) is -2.60. The standard InChI is InChI=1S/C23H18ClFN2O4S.Na/c24-16-6-9-20(19(11-16)23(30)31)27-22(29)13-32-12-21(28)26-18-3-1-2-15(10-18)14-4-7-17(25)8-5-14;/h1-11H,12-13H2,(H,26,28)(H,27,29)(H,30,31);/q;+1/p-1. The molecular weight excluding hydrogens is 478 g/mol. The Labute approximate surface area is 221 Å². The maximum absolute atomic E-state index is 13.1. The summed E-state index contributed by atoms with van der Waals surface area (Å²) in [5.41, 5.74) is 2.05. The van der Waals surface area contributed by atoms with Gasteiger partial charge in [-0.25, -0.2) is 4.39 Å². The summed E-state index contributed by atoms with van der Waals surface area (Å²) in [6, 6.07) is 17.2. The normalized spacial score (nSPS) is 10.1. The second-order valence-corrected chi connectivity index (χ2v) is 8.08. The molecular formula is C23H17ClFN2NaO4S. The van der Waals surface area contributed by atoms with E-state index in [2.05, 4.69) is 10.6 Å². The topological polar surface area (TPSA) is 98.3 Å². The Bertz CT molecular complexity index is 1160. The monoisotopic (exact) mass is 494 g/mol. The van der Waals surface area contributed by atoms with E-state index in [9.17, 15) is 23.9 Å². The number of hydrogen-bond donors (Lipinski definition) is 2. The first-order chi connectivity index (χ1) is 15.3. The fourth-order valence-electron chi connectivity index (χ4n) is 2.83. The molecule has 0 heterocycles. The van der Waals surface area contributed by atoms with Crippen LogP contribution in [0.5, 0.6) is 0 Å². The molecule has 0 spiro atoms. The van der Waals surface area contributed by atoms with Gasteiger partial charge in [0.25, 0.3) is 0 Å². The number of rotatable bonds is 8. The van der Waals surface area contributed by atoms with Gasteiger partial charge in [0.2, 0.25) is 11.8 Å². The minimum Gasteiger partial charge on any atom is -0.545 e. The third-order valence-corrected chi connectivity index (χ3v) is 5.43. The van der Waals surface area contributed by atoms with E-state index in [0.717, 1.165) is 22.9 Å². The van der Waals surface area contributed by atoms with Crippen LogP contribution in [0, 0.1) is 5.82 Å². The number of halogens is 2. The smallest absolute Gasteiger partial charge is 0.545 e. The Kier molecular flexibility index (Phi) is 10.4. The first-order valence-electron chi connectivity index (χ1n) is 9.36. The van der Waals surface area contributed by atoms with Crippen molar-refractivity contribution in [3.05, 3.63) is 83.1 Å². The molecule has 2 N–H and O–H groups in total. The molecule has 0 bridgehead atoms. The van der Waals surface area contributed by atoms with Crippen LogP contribution >= 0.6 is 23.4 Å². The summed E-state index contributed by atoms with van der Waals surface area (Å²) >= 11 is 6.84. The molecule has 0 unspecified atom stereocenters. The minimum absolute atomic E-state index is 0. The van der Waals surface area contributed by atoms with Gasteiger partial charge >= 0.3 is 29.6 Å². The van der Waals surface area contributed by atoms with E-state index in [1.165, 1.54) is 30.3 Å². The summed E-state index contributed by atoms with van der Waals surface area (Å²) in [6.45, 7) is 0. The van der Waals surface area contributed by atoms with Crippen LogP contribution in [0.4, 0.5) is 15.8 Å². The molecule has 0 saturated carbocycles. The number of aromatic carboxylic acids is 1. The molecule has 0 aliphatic carbocycles. The van der Waals surface area contributed by atoms with Crippen LogP contribution in [0.15, 0.2) is 66.7 Å². The van der Waals surface area contributed by atoms with Crippen LogP contribution in [-0.2, 0) is 9.59 Å². The Morgan fingerprint density at radius 1 is 0.879 bits per heavy atom. The SMILES string of the molecule is O=C(CSCC(=O)Nc1ccc(Cl)cc1C(=O)[O-])Nc1cccc(-c2ccc(F)cc2)c1.[Na+]. The van der Waals surface area contributed by atoms with E-state index >= 15 is 0 Å². The van der Waals surface area contributed by atoms with Crippen molar-refractivity contribution in [2.45, 2.75) is 0 Å². The van der Waals surface area contributed by atoms with E-state index < -0.39 is 11.9 Å². The molecule has 3 rings (SSSR count). The number of anilines is 2. The van der Waals surface area contributed by atoms with E-state index in [4.69, 9.17) is 11.6 Å². The van der Waals surface area contributed by atoms with Crippen LogP contribution in [0.1, 0.15) is 10.4 Å². The molecule has 0 aliphatic rings. The number of thioether (sulfide) groups is 1. The first kappa shape index (κ1) is 26.9. The zero-order valence-corrected chi connectivity index (χ0v) is 21.1. The number of nitrogens with one attached hydrogen (secondary N) is 2. The zero-order chi connectivity index (χ0) is 23.1. The van der Waals surface area contributed by atoms with Gasteiger partial charge in [-0.2, -0.15) is 0 Å². The number of carboxylic acid groups (broad SMARTS) is 1. The summed E-state index contributed by atoms with van der Waals surface area (Å²) in [5, 5.41) is 16.6. The van der Waals surface area contributed by atoms with Crippen LogP contribution < -0.4 is 45.3 Å². The second kappa shape index (κ2) is 12.8. The average molecular weight is 495 g/mol. The molecule has 3 aromatic carbocycles. The first-order valence-corrected chi connectivity index (χ1v) is 10.9. The third kappa shape index (κ3) is 8.17. The van der Waals surface area contributed by atoms with E-state index in [0.29, 0.717) is 5.69 Å². The fraction of sp³-hybridized carbons (Fsp3) is 0.0870. The molecule has 164 valence electrons. The minimum atomic E-state index is -1.46. The maximum Gasteiger partial charge on any atom is 1.00 e. The van der Waals surface area contributed by atoms with Gasteiger partial charge in [0.1, 0.15) is 5.82 Å². The molecule has 0 atom stereocenters. The van der Waals surface area contributed by atoms with E-state index in [-0.39, 0.29) is 69.1 Å². The van der Waals surface area contributed by atoms with Crippen molar-refractivity contribution in [1.29, 1.82) is 0 Å². The van der Waals surface area contributed by atoms with Crippen LogP contribution in [0.2, 0.25) is 5.02 Å². The zero-order valence-electron chi connectivity index (χ0n) is 17.6. The molecule has 0 saturated heterocycles. The van der Waals surface area contributed by atoms with Gasteiger partial charge in [-0.15, -0.1) is 11.8 Å². The average Bonchev–Trinajstić information content (AvgIpc) is 2.75.